The van der Waals surface area contributed by atoms with E-state index in [1.165, 1.54) is 6.21 Å². The van der Waals surface area contributed by atoms with Gasteiger partial charge >= 0.3 is 6.03 Å². The highest BCUT2D eigenvalue weighted by atomic mass is 16.2. The molecule has 5 nitrogen and oxygen atoms in total. The molecular formula is C8H12N2O3. The summed E-state index contributed by atoms with van der Waals surface area (Å²) in [5, 5.41) is 2.05. The largest absolute Gasteiger partial charge is 0.347 e. The molecule has 3 amide bonds. The number of carbonyl (C=O) groups excluding carboxylic acids is 3. The fourth-order valence-corrected chi connectivity index (χ4v) is 0.677. The van der Waals surface area contributed by atoms with E-state index >= 15 is 0 Å². The summed E-state index contributed by atoms with van der Waals surface area (Å²) < 4.78 is 0. The van der Waals surface area contributed by atoms with Crippen molar-refractivity contribution in [1.82, 2.24) is 5.32 Å². The molecule has 0 atom stereocenters. The third-order valence-electron chi connectivity index (χ3n) is 1.22. The number of rotatable bonds is 4. The predicted molar refractivity (Wildman–Crippen MR) is 47.6 cm³/mol. The van der Waals surface area contributed by atoms with E-state index in [0.717, 1.165) is 6.29 Å². The minimum absolute atomic E-state index is 0.170. The van der Waals surface area contributed by atoms with E-state index in [9.17, 15) is 14.4 Å². The molecule has 0 aromatic heterocycles. The van der Waals surface area contributed by atoms with Crippen molar-refractivity contribution in [2.24, 2.45) is 4.99 Å². The van der Waals surface area contributed by atoms with Gasteiger partial charge in [-0.2, -0.15) is 0 Å². The van der Waals surface area contributed by atoms with Crippen LogP contribution in [-0.4, -0.2) is 24.4 Å². The predicted octanol–water partition coefficient (Wildman–Crippen LogP) is 0.683. The fraction of sp³-hybridized carbons (Fsp3) is 0.500. The van der Waals surface area contributed by atoms with Gasteiger partial charge in [-0.05, 0) is 13.3 Å². The molecule has 0 saturated heterocycles. The van der Waals surface area contributed by atoms with E-state index in [1.807, 2.05) is 5.32 Å². The van der Waals surface area contributed by atoms with Gasteiger partial charge in [0.15, 0.2) is 0 Å². The average molecular weight is 184 g/mol. The molecule has 5 heteroatoms. The molecular weight excluding hydrogens is 172 g/mol. The molecule has 0 unspecified atom stereocenters. The number of aliphatic imine (C=N–C) groups is 1. The second kappa shape index (κ2) is 7.15. The molecule has 0 aliphatic rings. The Balaban J connectivity index is 3.61. The molecule has 1 N–H and O–H groups in total. The van der Waals surface area contributed by atoms with E-state index in [2.05, 4.69) is 4.99 Å². The van der Waals surface area contributed by atoms with Gasteiger partial charge in [0.05, 0.1) is 0 Å². The van der Waals surface area contributed by atoms with Crippen LogP contribution >= 0.6 is 0 Å². The highest BCUT2D eigenvalue weighted by molar-refractivity contribution is 5.97. The fourth-order valence-electron chi connectivity index (χ4n) is 0.677. The lowest BCUT2D eigenvalue weighted by molar-refractivity contribution is -0.120. The second-order valence-corrected chi connectivity index (χ2v) is 2.30. The number of nitrogens with one attached hydrogen (secondary N) is 1. The van der Waals surface area contributed by atoms with Crippen LogP contribution in [0.3, 0.4) is 0 Å². The monoisotopic (exact) mass is 184 g/mol. The van der Waals surface area contributed by atoms with Gasteiger partial charge < -0.3 is 4.79 Å². The molecule has 0 bridgehead atoms. The van der Waals surface area contributed by atoms with E-state index < -0.39 is 11.9 Å². The molecule has 0 rings (SSSR count). The van der Waals surface area contributed by atoms with Crippen molar-refractivity contribution >= 4 is 24.4 Å². The van der Waals surface area contributed by atoms with Crippen LogP contribution in [0, 0.1) is 0 Å². The molecule has 13 heavy (non-hydrogen) atoms. The first-order valence-corrected chi connectivity index (χ1v) is 3.96. The molecule has 0 aliphatic carbocycles. The Bertz CT molecular complexity index is 223. The summed E-state index contributed by atoms with van der Waals surface area (Å²) in [5.74, 6) is -0.405. The van der Waals surface area contributed by atoms with Crippen LogP contribution in [0.25, 0.3) is 0 Å². The topological polar surface area (TPSA) is 75.6 Å². The summed E-state index contributed by atoms with van der Waals surface area (Å²) in [6.07, 6.45) is 2.99. The summed E-state index contributed by atoms with van der Waals surface area (Å²) in [5.41, 5.74) is 0. The van der Waals surface area contributed by atoms with Gasteiger partial charge in [0.2, 0.25) is 5.91 Å². The zero-order valence-corrected chi connectivity index (χ0v) is 7.45. The maximum Gasteiger partial charge on any atom is 0.347 e. The third kappa shape index (κ3) is 6.86. The van der Waals surface area contributed by atoms with Crippen molar-refractivity contribution in [3.63, 3.8) is 0 Å². The van der Waals surface area contributed by atoms with Crippen LogP contribution in [0.5, 0.6) is 0 Å². The number of nitrogens with zero attached hydrogens (tertiary/aromatic N) is 1. The molecule has 0 saturated carbocycles. The number of imide groups is 1. The average Bonchev–Trinajstić information content (AvgIpc) is 2.05. The molecule has 0 aromatic rings. The smallest absolute Gasteiger partial charge is 0.303 e. The van der Waals surface area contributed by atoms with E-state index in [1.54, 1.807) is 6.92 Å². The molecule has 0 fully saturated rings. The van der Waals surface area contributed by atoms with E-state index in [4.69, 9.17) is 0 Å². The van der Waals surface area contributed by atoms with Gasteiger partial charge in [0, 0.05) is 19.1 Å². The highest BCUT2D eigenvalue weighted by Crippen LogP contribution is 1.92. The first kappa shape index (κ1) is 11.5. The van der Waals surface area contributed by atoms with Crippen molar-refractivity contribution in [1.29, 1.82) is 0 Å². The van der Waals surface area contributed by atoms with Crippen LogP contribution < -0.4 is 5.32 Å². The van der Waals surface area contributed by atoms with Crippen molar-refractivity contribution in [2.45, 2.75) is 26.2 Å². The number of amides is 3. The van der Waals surface area contributed by atoms with Crippen LogP contribution in [-0.2, 0) is 9.59 Å². The Morgan fingerprint density at radius 3 is 2.69 bits per heavy atom. The zero-order valence-electron chi connectivity index (χ0n) is 7.45. The maximum atomic E-state index is 10.9. The van der Waals surface area contributed by atoms with Crippen molar-refractivity contribution in [2.75, 3.05) is 0 Å². The summed E-state index contributed by atoms with van der Waals surface area (Å²) in [7, 11) is 0. The highest BCUT2D eigenvalue weighted by Gasteiger charge is 2.04. The standard InChI is InChI=1S/C8H12N2O3/c1-2-9-8(13)10-7(12)5-3-4-6-11/h2,6H,3-5H2,1H3,(H,10,12,13). The number of aldehydes is 1. The van der Waals surface area contributed by atoms with Gasteiger partial charge in [-0.15, -0.1) is 0 Å². The second-order valence-electron chi connectivity index (χ2n) is 2.30. The Kier molecular flexibility index (Phi) is 6.31. The summed E-state index contributed by atoms with van der Waals surface area (Å²) in [4.78, 5) is 34.8. The van der Waals surface area contributed by atoms with Crippen molar-refractivity contribution < 1.29 is 14.4 Å². The van der Waals surface area contributed by atoms with Crippen LogP contribution in [0.1, 0.15) is 26.2 Å². The lowest BCUT2D eigenvalue weighted by Gasteiger charge is -1.97. The van der Waals surface area contributed by atoms with Gasteiger partial charge in [-0.3, -0.25) is 10.1 Å². The minimum Gasteiger partial charge on any atom is -0.303 e. The lowest BCUT2D eigenvalue weighted by Crippen LogP contribution is -2.27. The molecule has 0 aliphatic heterocycles. The summed E-state index contributed by atoms with van der Waals surface area (Å²) >= 11 is 0. The zero-order chi connectivity index (χ0) is 10.1. The summed E-state index contributed by atoms with van der Waals surface area (Å²) in [6, 6.07) is -0.668. The quantitative estimate of drug-likeness (QED) is 0.396. The molecule has 0 radical (unpaired) electrons. The minimum atomic E-state index is -0.668. The number of hydrogen-bond donors (Lipinski definition) is 1. The lowest BCUT2D eigenvalue weighted by atomic mass is 10.2. The maximum absolute atomic E-state index is 10.9. The van der Waals surface area contributed by atoms with Gasteiger partial charge in [-0.25, -0.2) is 9.79 Å². The molecule has 72 valence electrons. The Labute approximate surface area is 76.2 Å². The van der Waals surface area contributed by atoms with Gasteiger partial charge in [-0.1, -0.05) is 0 Å². The Morgan fingerprint density at radius 1 is 1.46 bits per heavy atom. The first-order chi connectivity index (χ1) is 6.20. The van der Waals surface area contributed by atoms with Gasteiger partial charge in [0.1, 0.15) is 6.29 Å². The number of unbranched alkanes of at least 4 members (excludes halogenated alkanes) is 1. The number of urea groups is 1. The Hall–Kier alpha value is -1.52. The van der Waals surface area contributed by atoms with Gasteiger partial charge in [0.25, 0.3) is 0 Å². The van der Waals surface area contributed by atoms with E-state index in [-0.39, 0.29) is 6.42 Å². The van der Waals surface area contributed by atoms with Crippen molar-refractivity contribution in [3.05, 3.63) is 0 Å². The van der Waals surface area contributed by atoms with Crippen LogP contribution in [0.4, 0.5) is 4.79 Å². The first-order valence-electron chi connectivity index (χ1n) is 3.96. The van der Waals surface area contributed by atoms with Crippen LogP contribution in [0.15, 0.2) is 4.99 Å². The van der Waals surface area contributed by atoms with Crippen molar-refractivity contribution in [3.8, 4) is 0 Å². The SMILES string of the molecule is CC=NC(=O)NC(=O)CCCC=O. The third-order valence-corrected chi connectivity index (χ3v) is 1.22. The summed E-state index contributed by atoms with van der Waals surface area (Å²) in [6.45, 7) is 1.58. The molecule has 0 aromatic carbocycles. The number of carbonyl (C=O) groups is 3. The Morgan fingerprint density at radius 2 is 2.15 bits per heavy atom. The van der Waals surface area contributed by atoms with Crippen LogP contribution in [0.2, 0.25) is 0 Å². The molecule has 0 spiro atoms. The van der Waals surface area contributed by atoms with E-state index in [0.29, 0.717) is 12.8 Å². The number of hydrogen-bond acceptors (Lipinski definition) is 3. The molecule has 0 heterocycles. The normalized spacial score (nSPS) is 9.92.